The summed E-state index contributed by atoms with van der Waals surface area (Å²) in [5.41, 5.74) is 0.951. The second-order valence-corrected chi connectivity index (χ2v) is 5.08. The Labute approximate surface area is 118 Å². The molecule has 0 radical (unpaired) electrons. The van der Waals surface area contributed by atoms with Gasteiger partial charge in [0.25, 0.3) is 0 Å². The Morgan fingerprint density at radius 3 is 2.89 bits per heavy atom. The molecule has 0 atom stereocenters. The van der Waals surface area contributed by atoms with Crippen LogP contribution >= 0.6 is 27.5 Å². The molecular weight excluding hydrogens is 319 g/mol. The van der Waals surface area contributed by atoms with Crippen LogP contribution in [0.5, 0.6) is 0 Å². The number of pyridine rings is 1. The molecule has 1 heterocycles. The standard InChI is InChI=1S/C13H11BrClFN2/c14-12-7-10(15)8-18-13(12)17-5-4-9-2-1-3-11(16)6-9/h1-3,6-8H,4-5H2,(H,17,18). The van der Waals surface area contributed by atoms with E-state index >= 15 is 0 Å². The lowest BCUT2D eigenvalue weighted by Crippen LogP contribution is -2.06. The molecule has 1 N–H and O–H groups in total. The second kappa shape index (κ2) is 6.16. The number of benzene rings is 1. The normalized spacial score (nSPS) is 10.4. The Balaban J connectivity index is 1.92. The number of halogens is 3. The molecule has 0 aliphatic heterocycles. The number of nitrogens with one attached hydrogen (secondary N) is 1. The summed E-state index contributed by atoms with van der Waals surface area (Å²) >= 11 is 9.18. The maximum Gasteiger partial charge on any atom is 0.140 e. The molecule has 2 nitrogen and oxygen atoms in total. The van der Waals surface area contributed by atoms with Gasteiger partial charge in [-0.1, -0.05) is 23.7 Å². The summed E-state index contributed by atoms with van der Waals surface area (Å²) in [4.78, 5) is 4.16. The van der Waals surface area contributed by atoms with E-state index in [1.165, 1.54) is 12.1 Å². The predicted octanol–water partition coefficient (Wildman–Crippen LogP) is 4.29. The van der Waals surface area contributed by atoms with Crippen molar-refractivity contribution in [3.8, 4) is 0 Å². The van der Waals surface area contributed by atoms with Gasteiger partial charge in [-0.25, -0.2) is 9.37 Å². The molecule has 0 bridgehead atoms. The molecule has 0 spiro atoms. The number of nitrogens with zero attached hydrogens (tertiary/aromatic N) is 1. The summed E-state index contributed by atoms with van der Waals surface area (Å²) in [6, 6.07) is 8.36. The monoisotopic (exact) mass is 328 g/mol. The molecule has 0 fully saturated rings. The molecule has 0 saturated heterocycles. The van der Waals surface area contributed by atoms with Crippen molar-refractivity contribution in [1.82, 2.24) is 4.98 Å². The molecule has 1 aromatic carbocycles. The summed E-state index contributed by atoms with van der Waals surface area (Å²) in [5, 5.41) is 3.75. The van der Waals surface area contributed by atoms with Crippen molar-refractivity contribution in [1.29, 1.82) is 0 Å². The molecule has 2 aromatic rings. The number of aromatic nitrogens is 1. The van der Waals surface area contributed by atoms with E-state index in [0.717, 1.165) is 22.3 Å². The largest absolute Gasteiger partial charge is 0.369 e. The number of hydrogen-bond donors (Lipinski definition) is 1. The Bertz CT molecular complexity index is 548. The van der Waals surface area contributed by atoms with E-state index in [0.29, 0.717) is 11.6 Å². The summed E-state index contributed by atoms with van der Waals surface area (Å²) in [6.07, 6.45) is 2.31. The summed E-state index contributed by atoms with van der Waals surface area (Å²) < 4.78 is 13.8. The van der Waals surface area contributed by atoms with Gasteiger partial charge >= 0.3 is 0 Å². The molecule has 18 heavy (non-hydrogen) atoms. The van der Waals surface area contributed by atoms with Gasteiger partial charge in [0.1, 0.15) is 11.6 Å². The first-order valence-corrected chi connectivity index (χ1v) is 6.61. The minimum absolute atomic E-state index is 0.210. The van der Waals surface area contributed by atoms with Crippen LogP contribution in [0.2, 0.25) is 5.02 Å². The van der Waals surface area contributed by atoms with Gasteiger partial charge in [0.15, 0.2) is 0 Å². The highest BCUT2D eigenvalue weighted by molar-refractivity contribution is 9.10. The summed E-state index contributed by atoms with van der Waals surface area (Å²) in [7, 11) is 0. The molecule has 5 heteroatoms. The molecule has 0 saturated carbocycles. The fourth-order valence-electron chi connectivity index (χ4n) is 1.56. The van der Waals surface area contributed by atoms with Crippen molar-refractivity contribution in [3.05, 3.63) is 57.4 Å². The first-order valence-electron chi connectivity index (χ1n) is 5.44. The Kier molecular flexibility index (Phi) is 4.55. The van der Waals surface area contributed by atoms with E-state index in [1.807, 2.05) is 6.07 Å². The van der Waals surface area contributed by atoms with Crippen LogP contribution in [0.3, 0.4) is 0 Å². The van der Waals surface area contributed by atoms with Gasteiger partial charge in [-0.05, 0) is 46.1 Å². The van der Waals surface area contributed by atoms with Gasteiger partial charge in [0.2, 0.25) is 0 Å². The molecule has 94 valence electrons. The van der Waals surface area contributed by atoms with E-state index < -0.39 is 0 Å². The van der Waals surface area contributed by atoms with Crippen molar-refractivity contribution in [2.75, 3.05) is 11.9 Å². The highest BCUT2D eigenvalue weighted by Crippen LogP contribution is 2.22. The van der Waals surface area contributed by atoms with E-state index in [1.54, 1.807) is 18.3 Å². The second-order valence-electron chi connectivity index (χ2n) is 3.79. The average molecular weight is 330 g/mol. The third-order valence-corrected chi connectivity index (χ3v) is 3.21. The van der Waals surface area contributed by atoms with Crippen LogP contribution in [-0.4, -0.2) is 11.5 Å². The molecular formula is C13H11BrClFN2. The zero-order valence-corrected chi connectivity index (χ0v) is 11.8. The highest BCUT2D eigenvalue weighted by atomic mass is 79.9. The average Bonchev–Trinajstić information content (AvgIpc) is 2.32. The van der Waals surface area contributed by atoms with Crippen molar-refractivity contribution in [2.45, 2.75) is 6.42 Å². The molecule has 2 rings (SSSR count). The van der Waals surface area contributed by atoms with E-state index in [-0.39, 0.29) is 5.82 Å². The van der Waals surface area contributed by atoms with Crippen LogP contribution in [0.15, 0.2) is 41.0 Å². The van der Waals surface area contributed by atoms with Crippen LogP contribution in [0.1, 0.15) is 5.56 Å². The van der Waals surface area contributed by atoms with Crippen LogP contribution < -0.4 is 5.32 Å². The zero-order chi connectivity index (χ0) is 13.0. The summed E-state index contributed by atoms with van der Waals surface area (Å²) in [5.74, 6) is 0.522. The quantitative estimate of drug-likeness (QED) is 0.905. The number of hydrogen-bond acceptors (Lipinski definition) is 2. The van der Waals surface area contributed by atoms with Gasteiger partial charge in [0.05, 0.1) is 9.50 Å². The Morgan fingerprint density at radius 1 is 1.33 bits per heavy atom. The molecule has 1 aromatic heterocycles. The number of anilines is 1. The lowest BCUT2D eigenvalue weighted by Gasteiger charge is -2.07. The van der Waals surface area contributed by atoms with Crippen molar-refractivity contribution in [3.63, 3.8) is 0 Å². The Morgan fingerprint density at radius 2 is 2.17 bits per heavy atom. The first kappa shape index (κ1) is 13.3. The van der Waals surface area contributed by atoms with Gasteiger partial charge in [0, 0.05) is 12.7 Å². The zero-order valence-electron chi connectivity index (χ0n) is 9.46. The lowest BCUT2D eigenvalue weighted by molar-refractivity contribution is 0.625. The van der Waals surface area contributed by atoms with Gasteiger partial charge < -0.3 is 5.32 Å². The van der Waals surface area contributed by atoms with E-state index in [9.17, 15) is 4.39 Å². The third-order valence-electron chi connectivity index (χ3n) is 2.40. The summed E-state index contributed by atoms with van der Waals surface area (Å²) in [6.45, 7) is 0.677. The molecule has 0 amide bonds. The SMILES string of the molecule is Fc1cccc(CCNc2ncc(Cl)cc2Br)c1. The number of rotatable bonds is 4. The highest BCUT2D eigenvalue weighted by Gasteiger charge is 2.02. The maximum absolute atomic E-state index is 13.0. The van der Waals surface area contributed by atoms with Crippen LogP contribution in [-0.2, 0) is 6.42 Å². The van der Waals surface area contributed by atoms with Gasteiger partial charge in [-0.3, -0.25) is 0 Å². The molecule has 0 unspecified atom stereocenters. The van der Waals surface area contributed by atoms with Crippen LogP contribution in [0.25, 0.3) is 0 Å². The van der Waals surface area contributed by atoms with Crippen molar-refractivity contribution < 1.29 is 4.39 Å². The van der Waals surface area contributed by atoms with Gasteiger partial charge in [-0.2, -0.15) is 0 Å². The smallest absolute Gasteiger partial charge is 0.140 e. The first-order chi connectivity index (χ1) is 8.65. The predicted molar refractivity (Wildman–Crippen MR) is 75.5 cm³/mol. The molecule has 0 aliphatic carbocycles. The van der Waals surface area contributed by atoms with E-state index in [2.05, 4.69) is 26.2 Å². The van der Waals surface area contributed by atoms with Crippen molar-refractivity contribution in [2.24, 2.45) is 0 Å². The van der Waals surface area contributed by atoms with Crippen LogP contribution in [0.4, 0.5) is 10.2 Å². The third kappa shape index (κ3) is 3.68. The van der Waals surface area contributed by atoms with Crippen molar-refractivity contribution >= 4 is 33.3 Å². The topological polar surface area (TPSA) is 24.9 Å². The minimum atomic E-state index is -0.210. The maximum atomic E-state index is 13.0. The fourth-order valence-corrected chi connectivity index (χ4v) is 2.34. The van der Waals surface area contributed by atoms with Gasteiger partial charge in [-0.15, -0.1) is 0 Å². The van der Waals surface area contributed by atoms with E-state index in [4.69, 9.17) is 11.6 Å². The lowest BCUT2D eigenvalue weighted by atomic mass is 10.1. The minimum Gasteiger partial charge on any atom is -0.369 e. The van der Waals surface area contributed by atoms with Crippen LogP contribution in [0, 0.1) is 5.82 Å². The molecule has 0 aliphatic rings. The fraction of sp³-hybridized carbons (Fsp3) is 0.154. The Hall–Kier alpha value is -1.13.